The number of thiophene rings is 1. The van der Waals surface area contributed by atoms with Gasteiger partial charge in [-0.05, 0) is 41.1 Å². The van der Waals surface area contributed by atoms with Gasteiger partial charge in [0.15, 0.2) is 0 Å². The van der Waals surface area contributed by atoms with Crippen molar-refractivity contribution < 1.29 is 5.11 Å². The smallest absolute Gasteiger partial charge is 0.115 e. The minimum atomic E-state index is 0.263. The van der Waals surface area contributed by atoms with Gasteiger partial charge in [0.2, 0.25) is 0 Å². The summed E-state index contributed by atoms with van der Waals surface area (Å²) in [7, 11) is 0. The van der Waals surface area contributed by atoms with Crippen LogP contribution in [-0.4, -0.2) is 11.3 Å². The van der Waals surface area contributed by atoms with Crippen LogP contribution in [-0.2, 0) is 0 Å². The van der Waals surface area contributed by atoms with E-state index in [9.17, 15) is 0 Å². The molecule has 0 amide bonds. The molecule has 2 aromatic rings. The van der Waals surface area contributed by atoms with Gasteiger partial charge in [-0.2, -0.15) is 11.3 Å². The van der Waals surface area contributed by atoms with Crippen LogP contribution in [0.5, 0.6) is 5.75 Å². The lowest BCUT2D eigenvalue weighted by Crippen LogP contribution is -1.72. The first-order valence-electron chi connectivity index (χ1n) is 4.20. The second-order valence-electron chi connectivity index (χ2n) is 2.83. The molecule has 0 atom stereocenters. The van der Waals surface area contributed by atoms with Crippen LogP contribution in [0.25, 0.3) is 0 Å². The normalized spacial score (nSPS) is 10.9. The predicted octanol–water partition coefficient (Wildman–Crippen LogP) is 3.20. The highest BCUT2D eigenvalue weighted by molar-refractivity contribution is 7.08. The Morgan fingerprint density at radius 1 is 1.14 bits per heavy atom. The highest BCUT2D eigenvalue weighted by Gasteiger charge is 1.89. The van der Waals surface area contributed by atoms with Crippen molar-refractivity contribution in [3.8, 4) is 5.75 Å². The molecule has 14 heavy (non-hydrogen) atoms. The topological polar surface area (TPSA) is 32.6 Å². The zero-order valence-electron chi connectivity index (χ0n) is 7.42. The van der Waals surface area contributed by atoms with Gasteiger partial charge in [-0.15, -0.1) is 0 Å². The van der Waals surface area contributed by atoms with Crippen LogP contribution in [0.4, 0.5) is 5.69 Å². The maximum atomic E-state index is 9.06. The molecule has 1 aromatic carbocycles. The number of phenolic OH excluding ortho intramolecular Hbond substituents is 1. The van der Waals surface area contributed by atoms with E-state index in [0.717, 1.165) is 11.3 Å². The molecule has 70 valence electrons. The van der Waals surface area contributed by atoms with Crippen molar-refractivity contribution in [2.24, 2.45) is 4.99 Å². The van der Waals surface area contributed by atoms with Crippen LogP contribution in [0.2, 0.25) is 0 Å². The molecule has 1 heterocycles. The fraction of sp³-hybridized carbons (Fsp3) is 0. The summed E-state index contributed by atoms with van der Waals surface area (Å²) in [6, 6.07) is 8.81. The zero-order valence-corrected chi connectivity index (χ0v) is 8.24. The average molecular weight is 203 g/mol. The first-order valence-corrected chi connectivity index (χ1v) is 5.14. The Labute approximate surface area is 86.2 Å². The van der Waals surface area contributed by atoms with Gasteiger partial charge < -0.3 is 5.11 Å². The summed E-state index contributed by atoms with van der Waals surface area (Å²) in [6.45, 7) is 0. The number of hydrogen-bond acceptors (Lipinski definition) is 3. The number of rotatable bonds is 2. The standard InChI is InChI=1S/C11H9NOS/c13-11-3-1-10(2-4-11)12-7-9-5-6-14-8-9/h1-8,13H. The summed E-state index contributed by atoms with van der Waals surface area (Å²) in [5.41, 5.74) is 1.94. The minimum Gasteiger partial charge on any atom is -0.508 e. The number of hydrogen-bond donors (Lipinski definition) is 1. The van der Waals surface area contributed by atoms with Crippen molar-refractivity contribution in [2.75, 3.05) is 0 Å². The maximum Gasteiger partial charge on any atom is 0.115 e. The van der Waals surface area contributed by atoms with Crippen LogP contribution >= 0.6 is 11.3 Å². The summed E-state index contributed by atoms with van der Waals surface area (Å²) in [5, 5.41) is 13.1. The molecule has 0 aliphatic heterocycles. The van der Waals surface area contributed by atoms with E-state index in [0.29, 0.717) is 0 Å². The largest absolute Gasteiger partial charge is 0.508 e. The van der Waals surface area contributed by atoms with Gasteiger partial charge >= 0.3 is 0 Å². The van der Waals surface area contributed by atoms with Crippen LogP contribution in [0.1, 0.15) is 5.56 Å². The van der Waals surface area contributed by atoms with Gasteiger partial charge in [0.05, 0.1) is 5.69 Å². The minimum absolute atomic E-state index is 0.263. The summed E-state index contributed by atoms with van der Waals surface area (Å²) in [6.07, 6.45) is 1.81. The molecule has 3 heteroatoms. The fourth-order valence-electron chi connectivity index (χ4n) is 1.04. The third-order valence-electron chi connectivity index (χ3n) is 1.76. The van der Waals surface area contributed by atoms with Crippen molar-refractivity contribution in [1.82, 2.24) is 0 Å². The Bertz CT molecular complexity index is 417. The van der Waals surface area contributed by atoms with Crippen molar-refractivity contribution in [1.29, 1.82) is 0 Å². The number of benzene rings is 1. The molecule has 2 rings (SSSR count). The lowest BCUT2D eigenvalue weighted by atomic mass is 10.3. The molecule has 0 saturated carbocycles. The van der Waals surface area contributed by atoms with E-state index in [2.05, 4.69) is 4.99 Å². The SMILES string of the molecule is Oc1ccc(N=Cc2ccsc2)cc1. The molecule has 0 bridgehead atoms. The van der Waals surface area contributed by atoms with Crippen LogP contribution in [0.15, 0.2) is 46.1 Å². The van der Waals surface area contributed by atoms with Gasteiger partial charge in [0, 0.05) is 11.8 Å². The molecule has 0 aliphatic rings. The van der Waals surface area contributed by atoms with E-state index in [-0.39, 0.29) is 5.75 Å². The van der Waals surface area contributed by atoms with E-state index in [1.165, 1.54) is 0 Å². The molecule has 1 aromatic heterocycles. The summed E-state index contributed by atoms with van der Waals surface area (Å²) in [4.78, 5) is 4.26. The summed E-state index contributed by atoms with van der Waals surface area (Å²) in [5.74, 6) is 0.263. The van der Waals surface area contributed by atoms with E-state index in [4.69, 9.17) is 5.11 Å². The van der Waals surface area contributed by atoms with Gasteiger partial charge in [-0.1, -0.05) is 0 Å². The maximum absolute atomic E-state index is 9.06. The van der Waals surface area contributed by atoms with Gasteiger partial charge in [-0.25, -0.2) is 0 Å². The van der Waals surface area contributed by atoms with E-state index < -0.39 is 0 Å². The third kappa shape index (κ3) is 2.20. The van der Waals surface area contributed by atoms with Gasteiger partial charge in [0.25, 0.3) is 0 Å². The highest BCUT2D eigenvalue weighted by Crippen LogP contribution is 2.16. The van der Waals surface area contributed by atoms with Crippen molar-refractivity contribution in [2.45, 2.75) is 0 Å². The highest BCUT2D eigenvalue weighted by atomic mass is 32.1. The van der Waals surface area contributed by atoms with Gasteiger partial charge in [0.1, 0.15) is 5.75 Å². The molecule has 0 radical (unpaired) electrons. The van der Waals surface area contributed by atoms with Crippen LogP contribution in [0.3, 0.4) is 0 Å². The summed E-state index contributed by atoms with van der Waals surface area (Å²) < 4.78 is 0. The first kappa shape index (κ1) is 8.97. The molecular weight excluding hydrogens is 194 g/mol. The second kappa shape index (κ2) is 4.07. The molecule has 0 spiro atoms. The monoisotopic (exact) mass is 203 g/mol. The number of phenols is 1. The van der Waals surface area contributed by atoms with Gasteiger partial charge in [-0.3, -0.25) is 4.99 Å². The third-order valence-corrected chi connectivity index (χ3v) is 2.46. The fourth-order valence-corrected chi connectivity index (χ4v) is 1.65. The Hall–Kier alpha value is -1.61. The molecule has 0 unspecified atom stereocenters. The zero-order chi connectivity index (χ0) is 9.80. The van der Waals surface area contributed by atoms with E-state index in [1.54, 1.807) is 35.6 Å². The Morgan fingerprint density at radius 3 is 2.57 bits per heavy atom. The lowest BCUT2D eigenvalue weighted by Gasteiger charge is -1.92. The molecule has 0 saturated heterocycles. The van der Waals surface area contributed by atoms with Crippen molar-refractivity contribution >= 4 is 23.2 Å². The Morgan fingerprint density at radius 2 is 1.93 bits per heavy atom. The van der Waals surface area contributed by atoms with Crippen LogP contribution < -0.4 is 0 Å². The first-order chi connectivity index (χ1) is 6.84. The Balaban J connectivity index is 2.15. The second-order valence-corrected chi connectivity index (χ2v) is 3.61. The average Bonchev–Trinajstić information content (AvgIpc) is 2.70. The van der Waals surface area contributed by atoms with Crippen molar-refractivity contribution in [3.63, 3.8) is 0 Å². The molecule has 1 N–H and O–H groups in total. The van der Waals surface area contributed by atoms with Crippen LogP contribution in [0, 0.1) is 0 Å². The predicted molar refractivity (Wildman–Crippen MR) is 59.7 cm³/mol. The lowest BCUT2D eigenvalue weighted by molar-refractivity contribution is 0.475. The van der Waals surface area contributed by atoms with Crippen molar-refractivity contribution in [3.05, 3.63) is 46.7 Å². The quantitative estimate of drug-likeness (QED) is 0.747. The molecular formula is C11H9NOS. The number of aromatic hydroxyl groups is 1. The number of nitrogens with zero attached hydrogens (tertiary/aromatic N) is 1. The molecule has 2 nitrogen and oxygen atoms in total. The number of aliphatic imine (C=N–C) groups is 1. The Kier molecular flexibility index (Phi) is 2.60. The van der Waals surface area contributed by atoms with E-state index >= 15 is 0 Å². The molecule has 0 fully saturated rings. The summed E-state index contributed by atoms with van der Waals surface area (Å²) >= 11 is 1.65. The molecule has 0 aliphatic carbocycles. The van der Waals surface area contributed by atoms with E-state index in [1.807, 2.05) is 23.0 Å².